The fraction of sp³-hybridized carbons (Fsp3) is 0.905. The van der Waals surface area contributed by atoms with Gasteiger partial charge in [0, 0.05) is 41.9 Å². The van der Waals surface area contributed by atoms with Crippen LogP contribution < -0.4 is 21.3 Å². The Kier molecular flexibility index (Phi) is 8.70. The Morgan fingerprint density at radius 1 is 0.400 bits per heavy atom. The van der Waals surface area contributed by atoms with Crippen molar-refractivity contribution in [1.82, 2.24) is 21.3 Å². The predicted molar refractivity (Wildman–Crippen MR) is 204 cm³/mol. The molecule has 50 heavy (non-hydrogen) atoms. The summed E-state index contributed by atoms with van der Waals surface area (Å²) >= 11 is 0. The van der Waals surface area contributed by atoms with Crippen LogP contribution in [-0.2, 0) is 0 Å². The van der Waals surface area contributed by atoms with Crippen molar-refractivity contribution < 1.29 is 0 Å². The molecule has 0 amide bonds. The van der Waals surface area contributed by atoms with Gasteiger partial charge in [0.25, 0.3) is 0 Å². The van der Waals surface area contributed by atoms with Gasteiger partial charge in [0.1, 0.15) is 17.5 Å². The number of amidine groups is 4. The summed E-state index contributed by atoms with van der Waals surface area (Å²) in [5.74, 6) is 11.5. The smallest absolute Gasteiger partial charge is 0.100 e. The standard InChI is InChI=1S/C42H66N8/c1-23-5-3-6-29(17-23)40-45-33-14-11-27(21-37(33)48-40)28-12-16-35-39(22-28)50-42(47-35)31-8-4-7-30(18-31)41-46-34-15-10-26(20-38(34)49-41)25-9-13-32-36(19-25)44-24(2)43-32/h23,25-39H,3-22H2,1-2H3,(H,43,44)(H,45,48)(H,46,49)(H,47,50). The van der Waals surface area contributed by atoms with E-state index < -0.39 is 0 Å². The van der Waals surface area contributed by atoms with Crippen molar-refractivity contribution in [2.45, 2.75) is 191 Å². The van der Waals surface area contributed by atoms with Crippen molar-refractivity contribution in [3.05, 3.63) is 0 Å². The SMILES string of the molecule is CC1=NC2CCC(C3CCC4N=C(C5CCCC(C6=NC7CCC(C8CCC9N=C(C%10CCCC(C)C%10)NC9C8)CC7N6)C5)NC4C3)CC2N1. The summed E-state index contributed by atoms with van der Waals surface area (Å²) < 4.78 is 0. The zero-order valence-electron chi connectivity index (χ0n) is 31.2. The Morgan fingerprint density at radius 2 is 0.780 bits per heavy atom. The normalized spacial score (nSPS) is 49.7. The molecule has 10 aliphatic rings. The van der Waals surface area contributed by atoms with Crippen LogP contribution in [-0.4, -0.2) is 71.7 Å². The molecule has 4 aliphatic heterocycles. The van der Waals surface area contributed by atoms with Crippen LogP contribution in [0.2, 0.25) is 0 Å². The van der Waals surface area contributed by atoms with Gasteiger partial charge in [0.05, 0.1) is 30.0 Å². The highest BCUT2D eigenvalue weighted by molar-refractivity contribution is 5.90. The molecule has 6 fully saturated rings. The van der Waals surface area contributed by atoms with Gasteiger partial charge in [0.15, 0.2) is 0 Å². The van der Waals surface area contributed by atoms with Crippen LogP contribution in [0.5, 0.6) is 0 Å². The minimum atomic E-state index is 0.512. The maximum Gasteiger partial charge on any atom is 0.100 e. The van der Waals surface area contributed by atoms with Gasteiger partial charge in [-0.25, -0.2) is 0 Å². The monoisotopic (exact) mass is 683 g/mol. The second-order valence-corrected chi connectivity index (χ2v) is 19.4. The zero-order chi connectivity index (χ0) is 33.3. The lowest BCUT2D eigenvalue weighted by molar-refractivity contribution is 0.153. The molecule has 0 aromatic rings. The number of fused-ring (bicyclic) bond motifs is 4. The van der Waals surface area contributed by atoms with Gasteiger partial charge in [0.2, 0.25) is 0 Å². The first-order valence-corrected chi connectivity index (χ1v) is 21.8. The van der Waals surface area contributed by atoms with E-state index in [1.807, 2.05) is 0 Å². The molecule has 10 rings (SSSR count). The van der Waals surface area contributed by atoms with Crippen LogP contribution in [0.1, 0.15) is 142 Å². The van der Waals surface area contributed by atoms with Crippen molar-refractivity contribution in [3.63, 3.8) is 0 Å². The highest BCUT2D eigenvalue weighted by Gasteiger charge is 2.46. The summed E-state index contributed by atoms with van der Waals surface area (Å²) in [4.78, 5) is 21.1. The molecule has 0 aromatic heterocycles. The Hall–Kier alpha value is -2.12. The number of hydrogen-bond acceptors (Lipinski definition) is 8. The topological polar surface area (TPSA) is 97.6 Å². The highest BCUT2D eigenvalue weighted by Crippen LogP contribution is 2.45. The Balaban J connectivity index is 0.705. The van der Waals surface area contributed by atoms with Crippen LogP contribution in [0.25, 0.3) is 0 Å². The van der Waals surface area contributed by atoms with E-state index in [0.717, 1.165) is 29.6 Å². The second kappa shape index (κ2) is 13.4. The molecule has 16 atom stereocenters. The van der Waals surface area contributed by atoms with Crippen molar-refractivity contribution in [1.29, 1.82) is 0 Å². The highest BCUT2D eigenvalue weighted by atomic mass is 15.2. The van der Waals surface area contributed by atoms with E-state index in [2.05, 4.69) is 35.1 Å². The van der Waals surface area contributed by atoms with E-state index in [-0.39, 0.29) is 0 Å². The lowest BCUT2D eigenvalue weighted by atomic mass is 9.69. The van der Waals surface area contributed by atoms with Gasteiger partial charge in [-0.15, -0.1) is 0 Å². The minimum absolute atomic E-state index is 0.512. The lowest BCUT2D eigenvalue weighted by Crippen LogP contribution is -2.47. The van der Waals surface area contributed by atoms with Crippen LogP contribution >= 0.6 is 0 Å². The van der Waals surface area contributed by atoms with E-state index in [1.165, 1.54) is 152 Å². The molecule has 0 aromatic carbocycles. The molecule has 8 nitrogen and oxygen atoms in total. The third-order valence-electron chi connectivity index (χ3n) is 16.2. The van der Waals surface area contributed by atoms with Crippen molar-refractivity contribution >= 4 is 23.3 Å². The van der Waals surface area contributed by atoms with Crippen molar-refractivity contribution in [3.8, 4) is 0 Å². The number of hydrogen-bond donors (Lipinski definition) is 4. The first-order valence-electron chi connectivity index (χ1n) is 21.8. The molecular formula is C42H66N8. The number of aliphatic imine (C=N–C) groups is 4. The van der Waals surface area contributed by atoms with Crippen LogP contribution in [0.3, 0.4) is 0 Å². The maximum absolute atomic E-state index is 5.46. The van der Waals surface area contributed by atoms with E-state index in [1.54, 1.807) is 0 Å². The van der Waals surface area contributed by atoms with E-state index in [4.69, 9.17) is 20.0 Å². The van der Waals surface area contributed by atoms with Gasteiger partial charge < -0.3 is 21.3 Å². The van der Waals surface area contributed by atoms with Crippen LogP contribution in [0, 0.1) is 47.3 Å². The maximum atomic E-state index is 5.46. The van der Waals surface area contributed by atoms with E-state index >= 15 is 0 Å². The zero-order valence-corrected chi connectivity index (χ0v) is 31.2. The number of nitrogens with zero attached hydrogens (tertiary/aromatic N) is 4. The Bertz CT molecular complexity index is 1400. The molecule has 6 saturated carbocycles. The van der Waals surface area contributed by atoms with Gasteiger partial charge >= 0.3 is 0 Å². The van der Waals surface area contributed by atoms with E-state index in [0.29, 0.717) is 66.1 Å². The summed E-state index contributed by atoms with van der Waals surface area (Å²) in [6.45, 7) is 4.59. The van der Waals surface area contributed by atoms with Crippen LogP contribution in [0.4, 0.5) is 0 Å². The third kappa shape index (κ3) is 6.22. The molecule has 274 valence electrons. The average molecular weight is 683 g/mol. The first kappa shape index (κ1) is 32.5. The van der Waals surface area contributed by atoms with Gasteiger partial charge in [-0.3, -0.25) is 20.0 Å². The summed E-state index contributed by atoms with van der Waals surface area (Å²) in [7, 11) is 0. The molecule has 6 aliphatic carbocycles. The summed E-state index contributed by atoms with van der Waals surface area (Å²) in [5, 5.41) is 15.9. The Morgan fingerprint density at radius 3 is 1.22 bits per heavy atom. The summed E-state index contributed by atoms with van der Waals surface area (Å²) in [6, 6.07) is 4.45. The Labute approximate surface area is 301 Å². The number of rotatable bonds is 5. The fourth-order valence-electron chi connectivity index (χ4n) is 13.5. The minimum Gasteiger partial charge on any atom is -0.369 e. The number of nitrogens with one attached hydrogen (secondary N) is 4. The quantitative estimate of drug-likeness (QED) is 0.257. The molecular weight excluding hydrogens is 617 g/mol. The molecule has 0 saturated heterocycles. The third-order valence-corrected chi connectivity index (χ3v) is 16.2. The molecule has 4 heterocycles. The molecule has 16 unspecified atom stereocenters. The molecule has 4 N–H and O–H groups in total. The fourth-order valence-corrected chi connectivity index (χ4v) is 13.5. The molecule has 0 bridgehead atoms. The largest absolute Gasteiger partial charge is 0.369 e. The van der Waals surface area contributed by atoms with Crippen molar-refractivity contribution in [2.24, 2.45) is 67.3 Å². The summed E-state index contributed by atoms with van der Waals surface area (Å²) in [5.41, 5.74) is 0. The second-order valence-electron chi connectivity index (χ2n) is 19.4. The van der Waals surface area contributed by atoms with Gasteiger partial charge in [-0.2, -0.15) is 0 Å². The van der Waals surface area contributed by atoms with Crippen LogP contribution in [0.15, 0.2) is 20.0 Å². The van der Waals surface area contributed by atoms with Crippen molar-refractivity contribution in [2.75, 3.05) is 0 Å². The molecule has 0 spiro atoms. The molecule has 8 heteroatoms. The lowest BCUT2D eigenvalue weighted by Gasteiger charge is -2.40. The van der Waals surface area contributed by atoms with E-state index in [9.17, 15) is 0 Å². The average Bonchev–Trinajstić information content (AvgIpc) is 3.94. The molecule has 0 radical (unpaired) electrons. The predicted octanol–water partition coefficient (Wildman–Crippen LogP) is 6.80. The van der Waals surface area contributed by atoms with Gasteiger partial charge in [-0.05, 0) is 146 Å². The summed E-state index contributed by atoms with van der Waals surface area (Å²) in [6.07, 6.45) is 26.6. The first-order chi connectivity index (χ1) is 24.5. The van der Waals surface area contributed by atoms with Gasteiger partial charge in [-0.1, -0.05) is 26.2 Å².